The van der Waals surface area contributed by atoms with Gasteiger partial charge in [-0.05, 0) is 17.7 Å². The van der Waals surface area contributed by atoms with Crippen molar-refractivity contribution >= 4 is 11.6 Å². The normalized spacial score (nSPS) is 12.7. The van der Waals surface area contributed by atoms with Crippen LogP contribution in [-0.2, 0) is 0 Å². The lowest BCUT2D eigenvalue weighted by atomic mass is 10.2. The van der Waals surface area contributed by atoms with Gasteiger partial charge in [0, 0.05) is 12.4 Å². The van der Waals surface area contributed by atoms with Gasteiger partial charge in [0.1, 0.15) is 5.50 Å². The van der Waals surface area contributed by atoms with Crippen LogP contribution in [0.25, 0.3) is 0 Å². The summed E-state index contributed by atoms with van der Waals surface area (Å²) in [5.41, 5.74) is 1.01. The van der Waals surface area contributed by atoms with E-state index in [1.165, 1.54) is 0 Å². The first kappa shape index (κ1) is 8.39. The van der Waals surface area contributed by atoms with E-state index < -0.39 is 0 Å². The van der Waals surface area contributed by atoms with Crippen LogP contribution in [0.2, 0.25) is 0 Å². The van der Waals surface area contributed by atoms with Crippen molar-refractivity contribution in [2.45, 2.75) is 5.50 Å². The van der Waals surface area contributed by atoms with Crippen molar-refractivity contribution in [1.82, 2.24) is 4.57 Å². The molecule has 1 heterocycles. The van der Waals surface area contributed by atoms with E-state index in [4.69, 9.17) is 11.6 Å². The van der Waals surface area contributed by atoms with E-state index >= 15 is 0 Å². The summed E-state index contributed by atoms with van der Waals surface area (Å²) < 4.78 is 1.97. The van der Waals surface area contributed by atoms with Gasteiger partial charge in [0.25, 0.3) is 0 Å². The molecule has 0 spiro atoms. The predicted molar refractivity (Wildman–Crippen MR) is 54.9 cm³/mol. The molecular formula is C11H10ClN. The Morgan fingerprint density at radius 2 is 1.54 bits per heavy atom. The molecule has 0 aliphatic heterocycles. The fourth-order valence-corrected chi connectivity index (χ4v) is 1.56. The first-order valence-corrected chi connectivity index (χ1v) is 4.63. The van der Waals surface area contributed by atoms with Gasteiger partial charge < -0.3 is 4.57 Å². The first-order chi connectivity index (χ1) is 6.38. The third-order valence-corrected chi connectivity index (χ3v) is 2.44. The second-order valence-electron chi connectivity index (χ2n) is 2.88. The molecule has 0 radical (unpaired) electrons. The lowest BCUT2D eigenvalue weighted by molar-refractivity contribution is 0.772. The zero-order valence-corrected chi connectivity index (χ0v) is 7.85. The van der Waals surface area contributed by atoms with Crippen LogP contribution in [0.15, 0.2) is 54.9 Å². The molecule has 1 aromatic carbocycles. The summed E-state index contributed by atoms with van der Waals surface area (Å²) in [5, 5.41) is 0. The molecule has 2 rings (SSSR count). The van der Waals surface area contributed by atoms with Gasteiger partial charge in [-0.3, -0.25) is 0 Å². The van der Waals surface area contributed by atoms with Crippen molar-refractivity contribution in [2.75, 3.05) is 0 Å². The number of alkyl halides is 1. The Balaban J connectivity index is 2.29. The van der Waals surface area contributed by atoms with Gasteiger partial charge in [-0.25, -0.2) is 0 Å². The highest BCUT2D eigenvalue weighted by Crippen LogP contribution is 2.21. The van der Waals surface area contributed by atoms with Gasteiger partial charge in [-0.15, -0.1) is 0 Å². The van der Waals surface area contributed by atoms with Gasteiger partial charge in [-0.1, -0.05) is 41.9 Å². The summed E-state index contributed by atoms with van der Waals surface area (Å²) in [6.45, 7) is 0. The van der Waals surface area contributed by atoms with E-state index in [1.54, 1.807) is 0 Å². The Kier molecular flexibility index (Phi) is 2.37. The largest absolute Gasteiger partial charge is 0.334 e. The number of aromatic nitrogens is 1. The number of halogens is 1. The van der Waals surface area contributed by atoms with Crippen molar-refractivity contribution in [3.63, 3.8) is 0 Å². The van der Waals surface area contributed by atoms with Crippen molar-refractivity contribution in [1.29, 1.82) is 0 Å². The van der Waals surface area contributed by atoms with Crippen LogP contribution in [-0.4, -0.2) is 4.57 Å². The zero-order chi connectivity index (χ0) is 9.10. The minimum absolute atomic E-state index is 0.101. The fourth-order valence-electron chi connectivity index (χ4n) is 1.28. The molecule has 1 atom stereocenters. The number of benzene rings is 1. The summed E-state index contributed by atoms with van der Waals surface area (Å²) in [7, 11) is 0. The highest BCUT2D eigenvalue weighted by molar-refractivity contribution is 6.20. The molecule has 1 aromatic heterocycles. The summed E-state index contributed by atoms with van der Waals surface area (Å²) in [4.78, 5) is 0. The molecule has 1 nitrogen and oxygen atoms in total. The van der Waals surface area contributed by atoms with Crippen LogP contribution in [0.3, 0.4) is 0 Å². The molecule has 0 fully saturated rings. The van der Waals surface area contributed by atoms with Crippen LogP contribution in [0, 0.1) is 0 Å². The Morgan fingerprint density at radius 3 is 2.15 bits per heavy atom. The van der Waals surface area contributed by atoms with Crippen LogP contribution < -0.4 is 0 Å². The lowest BCUT2D eigenvalue weighted by Crippen LogP contribution is -2.00. The second-order valence-corrected chi connectivity index (χ2v) is 3.29. The van der Waals surface area contributed by atoms with Crippen molar-refractivity contribution in [3.05, 3.63) is 60.4 Å². The Labute approximate surface area is 82.6 Å². The van der Waals surface area contributed by atoms with Crippen molar-refractivity contribution in [2.24, 2.45) is 0 Å². The summed E-state index contributed by atoms with van der Waals surface area (Å²) in [5.74, 6) is 0. The summed E-state index contributed by atoms with van der Waals surface area (Å²) in [6.07, 6.45) is 3.93. The third-order valence-electron chi connectivity index (χ3n) is 1.96. The maximum atomic E-state index is 6.24. The monoisotopic (exact) mass is 191 g/mol. The molecule has 2 heteroatoms. The van der Waals surface area contributed by atoms with Crippen LogP contribution in [0.5, 0.6) is 0 Å². The lowest BCUT2D eigenvalue weighted by Gasteiger charge is -2.10. The van der Waals surface area contributed by atoms with Crippen LogP contribution >= 0.6 is 11.6 Å². The van der Waals surface area contributed by atoms with Crippen molar-refractivity contribution < 1.29 is 0 Å². The maximum Gasteiger partial charge on any atom is 0.133 e. The molecular weight excluding hydrogens is 182 g/mol. The van der Waals surface area contributed by atoms with Crippen LogP contribution in [0.1, 0.15) is 11.1 Å². The number of hydrogen-bond donors (Lipinski definition) is 0. The molecule has 13 heavy (non-hydrogen) atoms. The van der Waals surface area contributed by atoms with Gasteiger partial charge in [0.2, 0.25) is 0 Å². The molecule has 0 aliphatic carbocycles. The minimum Gasteiger partial charge on any atom is -0.334 e. The fraction of sp³-hybridized carbons (Fsp3) is 0.0909. The van der Waals surface area contributed by atoms with Crippen molar-refractivity contribution in [3.8, 4) is 0 Å². The van der Waals surface area contributed by atoms with E-state index in [1.807, 2.05) is 59.4 Å². The van der Waals surface area contributed by atoms with E-state index in [2.05, 4.69) is 0 Å². The van der Waals surface area contributed by atoms with Gasteiger partial charge in [-0.2, -0.15) is 0 Å². The molecule has 1 unspecified atom stereocenters. The first-order valence-electron chi connectivity index (χ1n) is 4.19. The Morgan fingerprint density at radius 1 is 0.923 bits per heavy atom. The molecule has 0 N–H and O–H groups in total. The quantitative estimate of drug-likeness (QED) is 0.643. The Hall–Kier alpha value is -1.21. The SMILES string of the molecule is ClC(c1ccccc1)n1cccc1. The molecule has 0 bridgehead atoms. The Bertz CT molecular complexity index is 353. The zero-order valence-electron chi connectivity index (χ0n) is 7.10. The number of hydrogen-bond acceptors (Lipinski definition) is 0. The van der Waals surface area contributed by atoms with E-state index in [-0.39, 0.29) is 5.50 Å². The molecule has 0 aliphatic rings. The highest BCUT2D eigenvalue weighted by atomic mass is 35.5. The average Bonchev–Trinajstić information content (AvgIpc) is 2.71. The molecule has 0 saturated heterocycles. The molecule has 0 amide bonds. The van der Waals surface area contributed by atoms with Crippen LogP contribution in [0.4, 0.5) is 0 Å². The number of nitrogens with zero attached hydrogens (tertiary/aromatic N) is 1. The topological polar surface area (TPSA) is 4.93 Å². The summed E-state index contributed by atoms with van der Waals surface area (Å²) in [6, 6.07) is 14.0. The van der Waals surface area contributed by atoms with Gasteiger partial charge in [0.05, 0.1) is 0 Å². The number of rotatable bonds is 2. The van der Waals surface area contributed by atoms with E-state index in [9.17, 15) is 0 Å². The van der Waals surface area contributed by atoms with Gasteiger partial charge >= 0.3 is 0 Å². The summed E-state index contributed by atoms with van der Waals surface area (Å²) >= 11 is 6.24. The maximum absolute atomic E-state index is 6.24. The standard InChI is InChI=1S/C11H10ClN/c12-11(13-8-4-5-9-13)10-6-2-1-3-7-10/h1-9,11H. The smallest absolute Gasteiger partial charge is 0.133 e. The molecule has 66 valence electrons. The van der Waals surface area contributed by atoms with Gasteiger partial charge in [0.15, 0.2) is 0 Å². The molecule has 2 aromatic rings. The molecule has 0 saturated carbocycles. The van der Waals surface area contributed by atoms with E-state index in [0.717, 1.165) is 5.56 Å². The minimum atomic E-state index is -0.101. The van der Waals surface area contributed by atoms with E-state index in [0.29, 0.717) is 0 Å². The highest BCUT2D eigenvalue weighted by Gasteiger charge is 2.06. The predicted octanol–water partition coefficient (Wildman–Crippen LogP) is 3.27. The average molecular weight is 192 g/mol. The third kappa shape index (κ3) is 1.76. The second kappa shape index (κ2) is 3.67.